The number of rotatable bonds is 5. The molecule has 3 rings (SSSR count). The van der Waals surface area contributed by atoms with Gasteiger partial charge in [-0.1, -0.05) is 16.8 Å². The van der Waals surface area contributed by atoms with Crippen LogP contribution in [0.5, 0.6) is 0 Å². The molecule has 0 radical (unpaired) electrons. The minimum atomic E-state index is -3.78. The van der Waals surface area contributed by atoms with Gasteiger partial charge in [-0.05, 0) is 48.6 Å². The molecule has 1 atom stereocenters. The predicted molar refractivity (Wildman–Crippen MR) is 83.8 cm³/mol. The maximum absolute atomic E-state index is 12.4. The minimum Gasteiger partial charge on any atom is -0.445 e. The Kier molecular flexibility index (Phi) is 4.47. The summed E-state index contributed by atoms with van der Waals surface area (Å²) in [7, 11) is -3.78. The fourth-order valence-electron chi connectivity index (χ4n) is 1.87. The highest BCUT2D eigenvalue weighted by molar-refractivity contribution is 7.91. The maximum atomic E-state index is 12.4. The lowest BCUT2D eigenvalue weighted by molar-refractivity contribution is 0.219. The first-order valence-electron chi connectivity index (χ1n) is 6.67. The largest absolute Gasteiger partial charge is 0.445 e. The molecule has 1 aromatic carbocycles. The number of H-pyrrole nitrogens is 1. The molecule has 0 saturated carbocycles. The Morgan fingerprint density at radius 3 is 2.62 bits per heavy atom. The van der Waals surface area contributed by atoms with E-state index in [0.29, 0.717) is 5.02 Å². The number of halogens is 1. The lowest BCUT2D eigenvalue weighted by Gasteiger charge is -2.01. The molecule has 0 saturated heterocycles. The Labute approximate surface area is 141 Å². The monoisotopic (exact) mass is 366 g/mol. The molecule has 3 aromatic rings. The molecule has 0 amide bonds. The van der Waals surface area contributed by atoms with Crippen LogP contribution in [0.4, 0.5) is 0 Å². The van der Waals surface area contributed by atoms with Crippen molar-refractivity contribution in [2.75, 3.05) is 0 Å². The van der Waals surface area contributed by atoms with Crippen molar-refractivity contribution in [3.8, 4) is 0 Å². The quantitative estimate of drug-likeness (QED) is 0.708. The van der Waals surface area contributed by atoms with Gasteiger partial charge in [-0.15, -0.1) is 10.2 Å². The van der Waals surface area contributed by atoms with Gasteiger partial charge in [0.25, 0.3) is 0 Å². The third-order valence-corrected chi connectivity index (χ3v) is 4.95. The Bertz CT molecular complexity index is 949. The van der Waals surface area contributed by atoms with Gasteiger partial charge >= 0.3 is 0 Å². The number of nitrogens with zero attached hydrogens (tertiary/aromatic N) is 3. The number of benzene rings is 1. The summed E-state index contributed by atoms with van der Waals surface area (Å²) >= 11 is 5.76. The lowest BCUT2D eigenvalue weighted by atomic mass is 10.3. The Morgan fingerprint density at radius 1 is 1.21 bits per heavy atom. The molecule has 10 heteroatoms. The second kappa shape index (κ2) is 6.56. The topological polar surface area (TPSA) is 122 Å². The lowest BCUT2D eigenvalue weighted by Crippen LogP contribution is -1.99. The van der Waals surface area contributed by atoms with E-state index in [0.717, 1.165) is 0 Å². The second-order valence-electron chi connectivity index (χ2n) is 4.69. The summed E-state index contributed by atoms with van der Waals surface area (Å²) in [6.07, 6.45) is 1.68. The van der Waals surface area contributed by atoms with Crippen molar-refractivity contribution < 1.29 is 17.9 Å². The van der Waals surface area contributed by atoms with Gasteiger partial charge in [-0.3, -0.25) is 0 Å². The molecule has 0 fully saturated rings. The zero-order valence-corrected chi connectivity index (χ0v) is 13.6. The van der Waals surface area contributed by atoms with E-state index in [1.54, 1.807) is 0 Å². The fraction of sp³-hybridized carbons (Fsp3) is 0.0714. The molecule has 2 N–H and O–H groups in total. The van der Waals surface area contributed by atoms with Gasteiger partial charge in [0.2, 0.25) is 20.8 Å². The Hall–Kier alpha value is -2.49. The molecule has 1 unspecified atom stereocenters. The van der Waals surface area contributed by atoms with Gasteiger partial charge in [0.05, 0.1) is 4.90 Å². The fourth-order valence-corrected chi connectivity index (χ4v) is 3.17. The number of hydrogen-bond acceptors (Lipinski definition) is 7. The number of hydrogen-bond donors (Lipinski definition) is 2. The average Bonchev–Trinajstić information content (AvgIpc) is 3.25. The molecule has 0 aliphatic carbocycles. The molecular formula is C14H11ClN4O4S. The van der Waals surface area contributed by atoms with E-state index in [2.05, 4.69) is 20.6 Å². The van der Waals surface area contributed by atoms with Crippen molar-refractivity contribution in [1.29, 1.82) is 0 Å². The number of tetrazole rings is 1. The van der Waals surface area contributed by atoms with Gasteiger partial charge < -0.3 is 9.52 Å². The van der Waals surface area contributed by atoms with Crippen molar-refractivity contribution in [1.82, 2.24) is 20.6 Å². The maximum Gasteiger partial charge on any atom is 0.239 e. The number of furan rings is 1. The van der Waals surface area contributed by atoms with Crippen LogP contribution in [0.1, 0.15) is 17.7 Å². The van der Waals surface area contributed by atoms with E-state index in [4.69, 9.17) is 16.0 Å². The molecule has 0 aliphatic rings. The number of nitrogens with one attached hydrogen (secondary N) is 1. The zero-order chi connectivity index (χ0) is 17.2. The summed E-state index contributed by atoms with van der Waals surface area (Å²) in [6, 6.07) is 8.58. The van der Waals surface area contributed by atoms with Crippen LogP contribution in [-0.2, 0) is 9.84 Å². The smallest absolute Gasteiger partial charge is 0.239 e. The van der Waals surface area contributed by atoms with E-state index >= 15 is 0 Å². The number of aromatic amines is 1. The van der Waals surface area contributed by atoms with E-state index in [1.165, 1.54) is 48.6 Å². The van der Waals surface area contributed by atoms with Crippen LogP contribution >= 0.6 is 11.6 Å². The van der Waals surface area contributed by atoms with Gasteiger partial charge in [-0.25, -0.2) is 8.42 Å². The summed E-state index contributed by atoms with van der Waals surface area (Å²) < 4.78 is 30.2. The SMILES string of the molecule is O=S(=O)(c1ccc(Cl)cc1)c1ccc(C=CC(O)c2nn[nH]n2)o1. The van der Waals surface area contributed by atoms with Crippen molar-refractivity contribution in [2.24, 2.45) is 0 Å². The molecule has 0 bridgehead atoms. The normalized spacial score (nSPS) is 13.4. The second-order valence-corrected chi connectivity index (χ2v) is 7.01. The third kappa shape index (κ3) is 3.37. The van der Waals surface area contributed by atoms with Crippen molar-refractivity contribution >= 4 is 27.5 Å². The number of sulfone groups is 1. The summed E-state index contributed by atoms with van der Waals surface area (Å²) in [6.45, 7) is 0. The van der Waals surface area contributed by atoms with E-state index in [1.807, 2.05) is 0 Å². The number of aliphatic hydroxyl groups excluding tert-OH is 1. The Morgan fingerprint density at radius 2 is 1.96 bits per heavy atom. The van der Waals surface area contributed by atoms with Crippen LogP contribution in [-0.4, -0.2) is 34.1 Å². The average molecular weight is 367 g/mol. The standard InChI is InChI=1S/C14H11ClN4O4S/c15-9-1-5-11(6-2-9)24(21,22)13-8-4-10(23-13)3-7-12(20)14-16-18-19-17-14/h1-8,12,20H,(H,16,17,18,19). The molecule has 2 aromatic heterocycles. The minimum absolute atomic E-state index is 0.0728. The van der Waals surface area contributed by atoms with Crippen LogP contribution in [0.25, 0.3) is 6.08 Å². The van der Waals surface area contributed by atoms with Crippen LogP contribution in [0.2, 0.25) is 5.02 Å². The molecule has 24 heavy (non-hydrogen) atoms. The van der Waals surface area contributed by atoms with Gasteiger partial charge in [0, 0.05) is 5.02 Å². The highest BCUT2D eigenvalue weighted by Gasteiger charge is 2.21. The summed E-state index contributed by atoms with van der Waals surface area (Å²) in [5.41, 5.74) is 0. The van der Waals surface area contributed by atoms with Gasteiger partial charge in [0.15, 0.2) is 0 Å². The third-order valence-electron chi connectivity index (χ3n) is 3.06. The summed E-state index contributed by atoms with van der Waals surface area (Å²) in [5.74, 6) is 0.344. The molecule has 0 spiro atoms. The summed E-state index contributed by atoms with van der Waals surface area (Å²) in [5, 5.41) is 22.8. The predicted octanol–water partition coefficient (Wildman–Crippen LogP) is 2.03. The molecular weight excluding hydrogens is 356 g/mol. The van der Waals surface area contributed by atoms with E-state index in [-0.39, 0.29) is 21.6 Å². The van der Waals surface area contributed by atoms with Crippen molar-refractivity contribution in [3.63, 3.8) is 0 Å². The molecule has 124 valence electrons. The highest BCUT2D eigenvalue weighted by Crippen LogP contribution is 2.25. The van der Waals surface area contributed by atoms with Gasteiger partial charge in [0.1, 0.15) is 11.9 Å². The molecule has 8 nitrogen and oxygen atoms in total. The van der Waals surface area contributed by atoms with Crippen LogP contribution in [0.15, 0.2) is 56.9 Å². The molecule has 2 heterocycles. The molecule has 0 aliphatic heterocycles. The van der Waals surface area contributed by atoms with Crippen LogP contribution in [0, 0.1) is 0 Å². The first-order valence-corrected chi connectivity index (χ1v) is 8.53. The van der Waals surface area contributed by atoms with Crippen LogP contribution in [0.3, 0.4) is 0 Å². The van der Waals surface area contributed by atoms with Crippen molar-refractivity contribution in [3.05, 3.63) is 59.1 Å². The van der Waals surface area contributed by atoms with Crippen molar-refractivity contribution in [2.45, 2.75) is 16.1 Å². The number of aromatic nitrogens is 4. The van der Waals surface area contributed by atoms with Gasteiger partial charge in [-0.2, -0.15) is 5.21 Å². The highest BCUT2D eigenvalue weighted by atomic mass is 35.5. The van der Waals surface area contributed by atoms with Crippen LogP contribution < -0.4 is 0 Å². The summed E-state index contributed by atoms with van der Waals surface area (Å²) in [4.78, 5) is 0.0728. The first kappa shape index (κ1) is 16.4. The Balaban J connectivity index is 1.81. The first-order chi connectivity index (χ1) is 11.5. The van der Waals surface area contributed by atoms with E-state index in [9.17, 15) is 13.5 Å². The number of aliphatic hydroxyl groups is 1. The van der Waals surface area contributed by atoms with E-state index < -0.39 is 15.9 Å². The zero-order valence-electron chi connectivity index (χ0n) is 12.0.